The molecule has 34 heavy (non-hydrogen) atoms. The second kappa shape index (κ2) is 9.80. The zero-order valence-electron chi connectivity index (χ0n) is 19.2. The number of rotatable bonds is 7. The van der Waals surface area contributed by atoms with Crippen LogP contribution in [0.15, 0.2) is 43.2 Å². The largest absolute Gasteiger partial charge is 0.383 e. The highest BCUT2D eigenvalue weighted by atomic mass is 16.5. The smallest absolute Gasteiger partial charge is 0.255 e. The number of hydrogen-bond acceptors (Lipinski definition) is 6. The summed E-state index contributed by atoms with van der Waals surface area (Å²) in [5.74, 6) is 5.90. The van der Waals surface area contributed by atoms with Crippen molar-refractivity contribution in [1.29, 1.82) is 0 Å². The van der Waals surface area contributed by atoms with Crippen LogP contribution >= 0.6 is 0 Å². The van der Waals surface area contributed by atoms with Crippen molar-refractivity contribution >= 4 is 23.1 Å². The highest BCUT2D eigenvalue weighted by Crippen LogP contribution is 2.28. The summed E-state index contributed by atoms with van der Waals surface area (Å²) in [6, 6.07) is 5.65. The number of amides is 2. The lowest BCUT2D eigenvalue weighted by atomic mass is 10.1. The molecule has 2 atom stereocenters. The number of nitrogens with two attached hydrogens (primary N) is 1. The minimum absolute atomic E-state index is 0.0406. The van der Waals surface area contributed by atoms with Crippen molar-refractivity contribution in [2.24, 2.45) is 11.7 Å². The van der Waals surface area contributed by atoms with E-state index in [0.29, 0.717) is 31.2 Å². The predicted octanol–water partition coefficient (Wildman–Crippen LogP) is 1.12. The van der Waals surface area contributed by atoms with E-state index in [4.69, 9.17) is 10.5 Å². The molecule has 0 saturated carbocycles. The third-order valence-electron chi connectivity index (χ3n) is 5.91. The number of pyridine rings is 1. The maximum Gasteiger partial charge on any atom is 0.255 e. The molecule has 4 rings (SSSR count). The number of primary amides is 1. The molecule has 1 aliphatic rings. The molecule has 4 heterocycles. The monoisotopic (exact) mass is 461 g/mol. The van der Waals surface area contributed by atoms with E-state index in [1.807, 2.05) is 24.4 Å². The summed E-state index contributed by atoms with van der Waals surface area (Å²) < 4.78 is 8.73. The van der Waals surface area contributed by atoms with Crippen molar-refractivity contribution in [3.8, 4) is 11.8 Å². The van der Waals surface area contributed by atoms with Crippen LogP contribution < -0.4 is 11.1 Å². The summed E-state index contributed by atoms with van der Waals surface area (Å²) in [5, 5.41) is 11.8. The molecule has 10 nitrogen and oxygen atoms in total. The first-order chi connectivity index (χ1) is 16.4. The second-order valence-electron chi connectivity index (χ2n) is 8.14. The van der Waals surface area contributed by atoms with Crippen molar-refractivity contribution < 1.29 is 14.3 Å². The van der Waals surface area contributed by atoms with Crippen LogP contribution in [0, 0.1) is 17.8 Å². The Bertz CT molecular complexity index is 1300. The summed E-state index contributed by atoms with van der Waals surface area (Å²) in [7, 11) is 3.32. The standard InChI is InChI=1S/C24H27N7O3/c1-4-21(32)29-12-17(11-19(29)15-34-3)14-31-24(26-2)22(23(25)33)20(28-31)8-6-16-5-7-18-9-10-27-30(18)13-16/h4-5,7,9-10,13,17,19,26H,1,11-12,14-15H2,2-3H3,(H2,25,33)/t17-,19+/m0/s1. The first-order valence-corrected chi connectivity index (χ1v) is 10.9. The van der Waals surface area contributed by atoms with E-state index < -0.39 is 5.91 Å². The van der Waals surface area contributed by atoms with Crippen molar-refractivity contribution in [2.45, 2.75) is 19.0 Å². The fourth-order valence-electron chi connectivity index (χ4n) is 4.42. The Labute approximate surface area is 197 Å². The molecule has 2 amide bonds. The molecular formula is C24H27N7O3. The number of anilines is 1. The number of nitrogens with zero attached hydrogens (tertiary/aromatic N) is 5. The molecule has 0 bridgehead atoms. The summed E-state index contributed by atoms with van der Waals surface area (Å²) in [4.78, 5) is 26.3. The maximum atomic E-state index is 12.3. The quantitative estimate of drug-likeness (QED) is 0.402. The van der Waals surface area contributed by atoms with Crippen molar-refractivity contribution in [3.63, 3.8) is 0 Å². The predicted molar refractivity (Wildman–Crippen MR) is 127 cm³/mol. The Morgan fingerprint density at radius 2 is 2.18 bits per heavy atom. The number of carbonyl (C=O) groups excluding carboxylic acids is 2. The van der Waals surface area contributed by atoms with Crippen LogP contribution in [0.25, 0.3) is 5.52 Å². The Hall–Kier alpha value is -4.10. The van der Waals surface area contributed by atoms with Crippen molar-refractivity contribution in [2.75, 3.05) is 32.6 Å². The molecule has 3 aromatic heterocycles. The van der Waals surface area contributed by atoms with Gasteiger partial charge < -0.3 is 20.7 Å². The van der Waals surface area contributed by atoms with Gasteiger partial charge in [-0.15, -0.1) is 0 Å². The van der Waals surface area contributed by atoms with Gasteiger partial charge in [0.25, 0.3) is 5.91 Å². The number of carbonyl (C=O) groups is 2. The lowest BCUT2D eigenvalue weighted by Gasteiger charge is -2.22. The Balaban J connectivity index is 1.63. The lowest BCUT2D eigenvalue weighted by molar-refractivity contribution is -0.127. The van der Waals surface area contributed by atoms with Gasteiger partial charge in [-0.05, 0) is 42.5 Å². The fourth-order valence-corrected chi connectivity index (χ4v) is 4.42. The Kier molecular flexibility index (Phi) is 6.65. The SMILES string of the molecule is C=CC(=O)N1C[C@@H](Cn2nc(C#Cc3ccc4ccnn4c3)c(C(N)=O)c2NC)C[C@@H]1COC. The molecule has 1 fully saturated rings. The normalized spacial score (nSPS) is 17.4. The van der Waals surface area contributed by atoms with E-state index in [1.54, 1.807) is 34.5 Å². The van der Waals surface area contributed by atoms with Crippen molar-refractivity contribution in [1.82, 2.24) is 24.3 Å². The number of ether oxygens (including phenoxy) is 1. The first kappa shape index (κ1) is 23.1. The van der Waals surface area contributed by atoms with E-state index in [0.717, 1.165) is 17.5 Å². The van der Waals surface area contributed by atoms with Crippen LogP contribution in [0.5, 0.6) is 0 Å². The van der Waals surface area contributed by atoms with Crippen molar-refractivity contribution in [3.05, 3.63) is 60.1 Å². The van der Waals surface area contributed by atoms with Gasteiger partial charge in [-0.25, -0.2) is 9.20 Å². The molecular weight excluding hydrogens is 434 g/mol. The van der Waals surface area contributed by atoms with E-state index >= 15 is 0 Å². The maximum absolute atomic E-state index is 12.3. The first-order valence-electron chi connectivity index (χ1n) is 10.9. The van der Waals surface area contributed by atoms with Gasteiger partial charge >= 0.3 is 0 Å². The molecule has 1 saturated heterocycles. The Morgan fingerprint density at radius 3 is 2.88 bits per heavy atom. The van der Waals surface area contributed by atoms with E-state index in [1.165, 1.54) is 6.08 Å². The van der Waals surface area contributed by atoms with Crippen LogP contribution in [-0.2, 0) is 16.1 Å². The topological polar surface area (TPSA) is 120 Å². The Morgan fingerprint density at radius 1 is 1.35 bits per heavy atom. The van der Waals surface area contributed by atoms with Gasteiger partial charge in [0.15, 0.2) is 5.69 Å². The fraction of sp³-hybridized carbons (Fsp3) is 0.333. The highest BCUT2D eigenvalue weighted by molar-refractivity contribution is 6.00. The molecule has 3 N–H and O–H groups in total. The van der Waals surface area contributed by atoms with Gasteiger partial charge in [0.05, 0.1) is 18.2 Å². The number of fused-ring (bicyclic) bond motifs is 1. The second-order valence-corrected chi connectivity index (χ2v) is 8.14. The van der Waals surface area contributed by atoms with Gasteiger partial charge in [0.1, 0.15) is 11.4 Å². The molecule has 3 aromatic rings. The number of likely N-dealkylation sites (tertiary alicyclic amines) is 1. The summed E-state index contributed by atoms with van der Waals surface area (Å²) in [6.45, 7) is 5.07. The molecule has 0 unspecified atom stereocenters. The molecule has 10 heteroatoms. The van der Waals surface area contributed by atoms with Crippen LogP contribution in [0.4, 0.5) is 5.82 Å². The van der Waals surface area contributed by atoms with Crippen LogP contribution in [0.2, 0.25) is 0 Å². The van der Waals surface area contributed by atoms with E-state index in [2.05, 4.69) is 33.9 Å². The average Bonchev–Trinajstić information content (AvgIpc) is 3.54. The molecule has 0 aliphatic carbocycles. The van der Waals surface area contributed by atoms with E-state index in [9.17, 15) is 9.59 Å². The highest BCUT2D eigenvalue weighted by Gasteiger charge is 2.35. The summed E-state index contributed by atoms with van der Waals surface area (Å²) in [5.41, 5.74) is 7.90. The molecule has 1 aliphatic heterocycles. The zero-order chi connectivity index (χ0) is 24.2. The van der Waals surface area contributed by atoms with Gasteiger partial charge in [-0.3, -0.25) is 9.59 Å². The zero-order valence-corrected chi connectivity index (χ0v) is 19.2. The van der Waals surface area contributed by atoms with Crippen LogP contribution in [-0.4, -0.2) is 69.5 Å². The number of aromatic nitrogens is 4. The average molecular weight is 462 g/mol. The number of nitrogens with one attached hydrogen (secondary N) is 1. The minimum Gasteiger partial charge on any atom is -0.383 e. The summed E-state index contributed by atoms with van der Waals surface area (Å²) >= 11 is 0. The molecule has 0 aromatic carbocycles. The third-order valence-corrected chi connectivity index (χ3v) is 5.91. The van der Waals surface area contributed by atoms with Gasteiger partial charge in [0, 0.05) is 45.2 Å². The van der Waals surface area contributed by atoms with Crippen LogP contribution in [0.1, 0.15) is 28.0 Å². The lowest BCUT2D eigenvalue weighted by Crippen LogP contribution is -2.37. The van der Waals surface area contributed by atoms with Crippen LogP contribution in [0.3, 0.4) is 0 Å². The van der Waals surface area contributed by atoms with Gasteiger partial charge in [0.2, 0.25) is 5.91 Å². The third kappa shape index (κ3) is 4.51. The van der Waals surface area contributed by atoms with Gasteiger partial charge in [-0.2, -0.15) is 10.2 Å². The van der Waals surface area contributed by atoms with E-state index in [-0.39, 0.29) is 23.4 Å². The number of methoxy groups -OCH3 is 1. The molecule has 176 valence electrons. The van der Waals surface area contributed by atoms with Gasteiger partial charge in [-0.1, -0.05) is 12.5 Å². The molecule has 0 spiro atoms. The number of hydrogen-bond donors (Lipinski definition) is 2. The minimum atomic E-state index is -0.616. The molecule has 0 radical (unpaired) electrons. The summed E-state index contributed by atoms with van der Waals surface area (Å²) in [6.07, 6.45) is 5.58.